The van der Waals surface area contributed by atoms with Crippen LogP contribution in [-0.2, 0) is 0 Å². The molecule has 0 radical (unpaired) electrons. The average molecular weight is 263 g/mol. The highest BCUT2D eigenvalue weighted by Crippen LogP contribution is 2.42. The number of rotatable bonds is 2. The summed E-state index contributed by atoms with van der Waals surface area (Å²) in [5.74, 6) is -2.97. The van der Waals surface area contributed by atoms with Crippen LogP contribution in [0, 0.1) is 18.6 Å². The van der Waals surface area contributed by atoms with Gasteiger partial charge in [-0.3, -0.25) is 4.98 Å². The number of carbonyl (C=O) groups is 1. The maximum absolute atomic E-state index is 13.3. The van der Waals surface area contributed by atoms with Gasteiger partial charge in [0.1, 0.15) is 0 Å². The summed E-state index contributed by atoms with van der Waals surface area (Å²) in [4.78, 5) is 15.7. The summed E-state index contributed by atoms with van der Waals surface area (Å²) >= 11 is 0. The van der Waals surface area contributed by atoms with Crippen molar-refractivity contribution in [1.82, 2.24) is 4.98 Å². The van der Waals surface area contributed by atoms with Crippen molar-refractivity contribution >= 4 is 16.9 Å². The Labute approximate surface area is 107 Å². The van der Waals surface area contributed by atoms with Crippen LogP contribution in [0.4, 0.5) is 8.78 Å². The predicted molar refractivity (Wildman–Crippen MR) is 65.3 cm³/mol. The van der Waals surface area contributed by atoms with Crippen LogP contribution in [0.3, 0.4) is 0 Å². The molecule has 1 aliphatic rings. The molecule has 3 rings (SSSR count). The highest BCUT2D eigenvalue weighted by Gasteiger charge is 2.30. The van der Waals surface area contributed by atoms with E-state index in [4.69, 9.17) is 0 Å². The first-order chi connectivity index (χ1) is 8.99. The molecule has 1 heterocycles. The van der Waals surface area contributed by atoms with Crippen molar-refractivity contribution < 1.29 is 18.7 Å². The van der Waals surface area contributed by atoms with Crippen LogP contribution in [0.1, 0.15) is 40.4 Å². The van der Waals surface area contributed by atoms with Crippen LogP contribution < -0.4 is 0 Å². The van der Waals surface area contributed by atoms with Gasteiger partial charge in [-0.1, -0.05) is 0 Å². The lowest BCUT2D eigenvalue weighted by Gasteiger charge is -2.11. The second-order valence-electron chi connectivity index (χ2n) is 4.86. The number of nitrogens with zero attached hydrogens (tertiary/aromatic N) is 1. The molecule has 0 spiro atoms. The van der Waals surface area contributed by atoms with E-state index in [2.05, 4.69) is 4.98 Å². The van der Waals surface area contributed by atoms with Crippen molar-refractivity contribution in [3.8, 4) is 0 Å². The summed E-state index contributed by atoms with van der Waals surface area (Å²) in [5, 5.41) is 9.45. The molecule has 0 bridgehead atoms. The molecule has 3 nitrogen and oxygen atoms in total. The Morgan fingerprint density at radius 1 is 1.32 bits per heavy atom. The average Bonchev–Trinajstić information content (AvgIpc) is 3.14. The molecule has 1 aromatic carbocycles. The molecule has 2 aromatic rings. The monoisotopic (exact) mass is 263 g/mol. The molecule has 0 saturated heterocycles. The van der Waals surface area contributed by atoms with Crippen molar-refractivity contribution in [1.29, 1.82) is 0 Å². The fourth-order valence-electron chi connectivity index (χ4n) is 2.40. The summed E-state index contributed by atoms with van der Waals surface area (Å²) < 4.78 is 26.6. The zero-order valence-corrected chi connectivity index (χ0v) is 10.2. The Balaban J connectivity index is 2.41. The molecule has 1 aliphatic carbocycles. The molecule has 0 atom stereocenters. The minimum absolute atomic E-state index is 0.0193. The van der Waals surface area contributed by atoms with Crippen LogP contribution in [0.5, 0.6) is 0 Å². The van der Waals surface area contributed by atoms with Crippen molar-refractivity contribution in [2.24, 2.45) is 0 Å². The molecule has 1 fully saturated rings. The van der Waals surface area contributed by atoms with Crippen LogP contribution in [-0.4, -0.2) is 16.1 Å². The number of benzene rings is 1. The van der Waals surface area contributed by atoms with Crippen LogP contribution in [0.25, 0.3) is 10.9 Å². The number of fused-ring (bicyclic) bond motifs is 1. The van der Waals surface area contributed by atoms with E-state index in [1.54, 1.807) is 6.92 Å². The zero-order chi connectivity index (χ0) is 13.7. The Kier molecular flexibility index (Phi) is 2.52. The maximum atomic E-state index is 13.3. The minimum atomic E-state index is -1.14. The quantitative estimate of drug-likeness (QED) is 0.903. The van der Waals surface area contributed by atoms with Crippen molar-refractivity contribution in [3.63, 3.8) is 0 Å². The van der Waals surface area contributed by atoms with Gasteiger partial charge in [0.2, 0.25) is 0 Å². The zero-order valence-electron chi connectivity index (χ0n) is 10.2. The number of halogens is 2. The van der Waals surface area contributed by atoms with Gasteiger partial charge in [-0.25, -0.2) is 13.6 Å². The van der Waals surface area contributed by atoms with E-state index in [0.29, 0.717) is 11.3 Å². The summed E-state index contributed by atoms with van der Waals surface area (Å²) in [7, 11) is 0. The molecule has 19 heavy (non-hydrogen) atoms. The van der Waals surface area contributed by atoms with E-state index in [0.717, 1.165) is 25.0 Å². The lowest BCUT2D eigenvalue weighted by atomic mass is 9.99. The number of pyridine rings is 1. The molecular formula is C14H11F2NO2. The Bertz CT molecular complexity index is 708. The van der Waals surface area contributed by atoms with Crippen molar-refractivity contribution in [3.05, 3.63) is 40.6 Å². The van der Waals surface area contributed by atoms with E-state index in [1.165, 1.54) is 0 Å². The molecule has 98 valence electrons. The largest absolute Gasteiger partial charge is 0.478 e. The molecule has 0 unspecified atom stereocenters. The molecule has 1 N–H and O–H groups in total. The van der Waals surface area contributed by atoms with E-state index in [9.17, 15) is 18.7 Å². The first-order valence-corrected chi connectivity index (χ1v) is 6.01. The molecule has 1 saturated carbocycles. The summed E-state index contributed by atoms with van der Waals surface area (Å²) in [6.45, 7) is 1.67. The minimum Gasteiger partial charge on any atom is -0.478 e. The van der Waals surface area contributed by atoms with Gasteiger partial charge in [-0.15, -0.1) is 0 Å². The SMILES string of the molecule is Cc1c(C2CC2)nc2cc(F)c(F)cc2c1C(=O)O. The lowest BCUT2D eigenvalue weighted by molar-refractivity contribution is 0.0698. The summed E-state index contributed by atoms with van der Waals surface area (Å²) in [6.07, 6.45) is 1.92. The molecule has 5 heteroatoms. The van der Waals surface area contributed by atoms with E-state index >= 15 is 0 Å². The first kappa shape index (κ1) is 12.0. The van der Waals surface area contributed by atoms with Gasteiger partial charge in [0.05, 0.1) is 11.1 Å². The Hall–Kier alpha value is -2.04. The molecule has 0 amide bonds. The second kappa shape index (κ2) is 3.98. The Morgan fingerprint density at radius 3 is 2.53 bits per heavy atom. The third-order valence-electron chi connectivity index (χ3n) is 3.49. The highest BCUT2D eigenvalue weighted by molar-refractivity contribution is 6.04. The summed E-state index contributed by atoms with van der Waals surface area (Å²) in [6, 6.07) is 1.87. The van der Waals surface area contributed by atoms with Gasteiger partial charge in [0, 0.05) is 23.1 Å². The van der Waals surface area contributed by atoms with Gasteiger partial charge in [-0.2, -0.15) is 0 Å². The second-order valence-corrected chi connectivity index (χ2v) is 4.86. The Morgan fingerprint density at radius 2 is 1.95 bits per heavy atom. The maximum Gasteiger partial charge on any atom is 0.336 e. The predicted octanol–water partition coefficient (Wildman–Crippen LogP) is 3.40. The van der Waals surface area contributed by atoms with Crippen LogP contribution >= 0.6 is 0 Å². The number of aromatic nitrogens is 1. The number of carboxylic acid groups (broad SMARTS) is 1. The molecular weight excluding hydrogens is 252 g/mol. The van der Waals surface area contributed by atoms with Gasteiger partial charge < -0.3 is 5.11 Å². The van der Waals surface area contributed by atoms with Crippen LogP contribution in [0.15, 0.2) is 12.1 Å². The number of carboxylic acids is 1. The van der Waals surface area contributed by atoms with Gasteiger partial charge in [-0.05, 0) is 31.4 Å². The van der Waals surface area contributed by atoms with Gasteiger partial charge in [0.15, 0.2) is 11.6 Å². The lowest BCUT2D eigenvalue weighted by Crippen LogP contribution is -2.07. The van der Waals surface area contributed by atoms with E-state index in [-0.39, 0.29) is 22.4 Å². The standard InChI is InChI=1S/C14H11F2NO2/c1-6-12(14(18)19)8-4-9(15)10(16)5-11(8)17-13(6)7-2-3-7/h4-5,7H,2-3H2,1H3,(H,18,19). The van der Waals surface area contributed by atoms with E-state index in [1.807, 2.05) is 0 Å². The molecule has 0 aliphatic heterocycles. The van der Waals surface area contributed by atoms with Crippen LogP contribution in [0.2, 0.25) is 0 Å². The van der Waals surface area contributed by atoms with Gasteiger partial charge >= 0.3 is 5.97 Å². The number of aromatic carboxylic acids is 1. The van der Waals surface area contributed by atoms with Crippen molar-refractivity contribution in [2.45, 2.75) is 25.7 Å². The third-order valence-corrected chi connectivity index (χ3v) is 3.49. The molecule has 1 aromatic heterocycles. The fraction of sp³-hybridized carbons (Fsp3) is 0.286. The van der Waals surface area contributed by atoms with Gasteiger partial charge in [0.25, 0.3) is 0 Å². The fourth-order valence-corrected chi connectivity index (χ4v) is 2.40. The topological polar surface area (TPSA) is 50.2 Å². The van der Waals surface area contributed by atoms with E-state index < -0.39 is 17.6 Å². The normalized spacial score (nSPS) is 14.9. The van der Waals surface area contributed by atoms with Crippen molar-refractivity contribution in [2.75, 3.05) is 0 Å². The smallest absolute Gasteiger partial charge is 0.336 e. The number of hydrogen-bond donors (Lipinski definition) is 1. The summed E-state index contributed by atoms with van der Waals surface area (Å²) in [5.41, 5.74) is 1.46. The number of hydrogen-bond acceptors (Lipinski definition) is 2. The highest BCUT2D eigenvalue weighted by atomic mass is 19.2. The third kappa shape index (κ3) is 1.85. The first-order valence-electron chi connectivity index (χ1n) is 6.01.